The summed E-state index contributed by atoms with van der Waals surface area (Å²) in [6.45, 7) is 0. The Kier molecular flexibility index (Phi) is 3.50. The van der Waals surface area contributed by atoms with Crippen molar-refractivity contribution < 1.29 is 9.60 Å². The molecule has 3 heteroatoms. The van der Waals surface area contributed by atoms with Gasteiger partial charge in [0.1, 0.15) is 5.82 Å². The summed E-state index contributed by atoms with van der Waals surface area (Å²) in [5.41, 5.74) is 2.33. The van der Waals surface area contributed by atoms with E-state index in [0.29, 0.717) is 12.1 Å². The molecule has 0 radical (unpaired) electrons. The van der Waals surface area contributed by atoms with Crippen LogP contribution in [0.1, 0.15) is 11.1 Å². The van der Waals surface area contributed by atoms with Gasteiger partial charge in [-0.1, -0.05) is 47.6 Å². The van der Waals surface area contributed by atoms with E-state index in [1.54, 1.807) is 12.1 Å². The number of hydrogen-bond donors (Lipinski definition) is 1. The Morgan fingerprint density at radius 1 is 1.00 bits per heavy atom. The molecule has 0 bridgehead atoms. The number of benzene rings is 2. The van der Waals surface area contributed by atoms with Crippen LogP contribution in [0.5, 0.6) is 0 Å². The molecule has 0 atom stereocenters. The molecule has 2 nitrogen and oxygen atoms in total. The Morgan fingerprint density at radius 2 is 1.65 bits per heavy atom. The number of nitrogens with zero attached hydrogens (tertiary/aromatic N) is 1. The highest BCUT2D eigenvalue weighted by Crippen LogP contribution is 2.09. The number of hydrogen-bond acceptors (Lipinski definition) is 2. The molecule has 0 fully saturated rings. The van der Waals surface area contributed by atoms with E-state index in [0.717, 1.165) is 11.1 Å². The van der Waals surface area contributed by atoms with Gasteiger partial charge in [0.15, 0.2) is 0 Å². The van der Waals surface area contributed by atoms with Crippen LogP contribution >= 0.6 is 0 Å². The normalized spacial score (nSPS) is 11.5. The van der Waals surface area contributed by atoms with Crippen LogP contribution in [0.4, 0.5) is 4.39 Å². The summed E-state index contributed by atoms with van der Waals surface area (Å²) in [7, 11) is 0. The Labute approximate surface area is 99.0 Å². The Bertz CT molecular complexity index is 506. The van der Waals surface area contributed by atoms with Crippen molar-refractivity contribution in [2.45, 2.75) is 6.42 Å². The third-order valence-electron chi connectivity index (χ3n) is 2.51. The van der Waals surface area contributed by atoms with E-state index in [2.05, 4.69) is 5.16 Å². The maximum absolute atomic E-state index is 12.7. The highest BCUT2D eigenvalue weighted by Gasteiger charge is 2.05. The molecule has 2 aromatic rings. The van der Waals surface area contributed by atoms with Gasteiger partial charge in [-0.2, -0.15) is 0 Å². The monoisotopic (exact) mass is 229 g/mol. The van der Waals surface area contributed by atoms with E-state index in [1.807, 2.05) is 30.3 Å². The first kappa shape index (κ1) is 11.3. The van der Waals surface area contributed by atoms with Gasteiger partial charge in [0.05, 0.1) is 5.71 Å². The SMILES string of the molecule is O/N=C(/Cc1ccc(F)cc1)c1ccccc1. The fraction of sp³-hybridized carbons (Fsp3) is 0.0714. The summed E-state index contributed by atoms with van der Waals surface area (Å²) in [4.78, 5) is 0. The number of halogens is 1. The van der Waals surface area contributed by atoms with Crippen molar-refractivity contribution >= 4 is 5.71 Å². The molecule has 0 saturated heterocycles. The minimum atomic E-state index is -0.268. The molecule has 0 spiro atoms. The Morgan fingerprint density at radius 3 is 2.24 bits per heavy atom. The maximum atomic E-state index is 12.7. The van der Waals surface area contributed by atoms with Crippen LogP contribution < -0.4 is 0 Å². The standard InChI is InChI=1S/C14H12FNO/c15-13-8-6-11(7-9-13)10-14(16-17)12-4-2-1-3-5-12/h1-9,17H,10H2/b16-14-. The summed E-state index contributed by atoms with van der Waals surface area (Å²) < 4.78 is 12.7. The average molecular weight is 229 g/mol. The topological polar surface area (TPSA) is 32.6 Å². The van der Waals surface area contributed by atoms with Gasteiger partial charge in [-0.15, -0.1) is 0 Å². The second kappa shape index (κ2) is 5.25. The van der Waals surface area contributed by atoms with E-state index in [9.17, 15) is 4.39 Å². The first-order chi connectivity index (χ1) is 8.29. The molecule has 0 amide bonds. The predicted octanol–water partition coefficient (Wildman–Crippen LogP) is 3.25. The quantitative estimate of drug-likeness (QED) is 0.489. The van der Waals surface area contributed by atoms with Crippen LogP contribution in [0.2, 0.25) is 0 Å². The fourth-order valence-corrected chi connectivity index (χ4v) is 1.62. The molecular weight excluding hydrogens is 217 g/mol. The molecule has 2 aromatic carbocycles. The minimum absolute atomic E-state index is 0.268. The molecule has 0 aliphatic heterocycles. The van der Waals surface area contributed by atoms with Crippen molar-refractivity contribution in [2.75, 3.05) is 0 Å². The highest BCUT2D eigenvalue weighted by molar-refractivity contribution is 6.01. The second-order valence-electron chi connectivity index (χ2n) is 3.72. The first-order valence-corrected chi connectivity index (χ1v) is 5.30. The van der Waals surface area contributed by atoms with E-state index in [4.69, 9.17) is 5.21 Å². The van der Waals surface area contributed by atoms with E-state index in [1.165, 1.54) is 12.1 Å². The summed E-state index contributed by atoms with van der Waals surface area (Å²) >= 11 is 0. The Balaban J connectivity index is 2.19. The smallest absolute Gasteiger partial charge is 0.123 e. The third-order valence-corrected chi connectivity index (χ3v) is 2.51. The average Bonchev–Trinajstić information content (AvgIpc) is 2.39. The van der Waals surface area contributed by atoms with Crippen molar-refractivity contribution in [2.24, 2.45) is 5.16 Å². The van der Waals surface area contributed by atoms with Gasteiger partial charge in [0.25, 0.3) is 0 Å². The molecule has 0 aliphatic carbocycles. The molecule has 0 heterocycles. The van der Waals surface area contributed by atoms with Crippen LogP contribution in [0.3, 0.4) is 0 Å². The van der Waals surface area contributed by atoms with Gasteiger partial charge in [0, 0.05) is 6.42 Å². The van der Waals surface area contributed by atoms with E-state index < -0.39 is 0 Å². The number of oxime groups is 1. The summed E-state index contributed by atoms with van der Waals surface area (Å²) in [5, 5.41) is 12.3. The van der Waals surface area contributed by atoms with Gasteiger partial charge in [-0.05, 0) is 23.3 Å². The van der Waals surface area contributed by atoms with Crippen LogP contribution in [-0.4, -0.2) is 10.9 Å². The summed E-state index contributed by atoms with van der Waals surface area (Å²) in [5.74, 6) is -0.268. The lowest BCUT2D eigenvalue weighted by Gasteiger charge is -2.04. The molecule has 0 aliphatic rings. The minimum Gasteiger partial charge on any atom is -0.411 e. The molecule has 17 heavy (non-hydrogen) atoms. The summed E-state index contributed by atoms with van der Waals surface area (Å²) in [6.07, 6.45) is 0.473. The van der Waals surface area contributed by atoms with Gasteiger partial charge in [-0.25, -0.2) is 4.39 Å². The van der Waals surface area contributed by atoms with Gasteiger partial charge >= 0.3 is 0 Å². The highest BCUT2D eigenvalue weighted by atomic mass is 19.1. The first-order valence-electron chi connectivity index (χ1n) is 5.30. The second-order valence-corrected chi connectivity index (χ2v) is 3.72. The zero-order chi connectivity index (χ0) is 12.1. The van der Waals surface area contributed by atoms with Crippen molar-refractivity contribution in [3.63, 3.8) is 0 Å². The molecule has 86 valence electrons. The zero-order valence-corrected chi connectivity index (χ0v) is 9.18. The zero-order valence-electron chi connectivity index (χ0n) is 9.18. The van der Waals surface area contributed by atoms with Gasteiger partial charge in [-0.3, -0.25) is 0 Å². The third kappa shape index (κ3) is 2.91. The van der Waals surface area contributed by atoms with Crippen molar-refractivity contribution in [1.29, 1.82) is 0 Å². The molecule has 2 rings (SSSR count). The lowest BCUT2D eigenvalue weighted by Crippen LogP contribution is -2.05. The Hall–Kier alpha value is -2.16. The van der Waals surface area contributed by atoms with Crippen LogP contribution in [0.15, 0.2) is 59.8 Å². The van der Waals surface area contributed by atoms with Crippen molar-refractivity contribution in [1.82, 2.24) is 0 Å². The maximum Gasteiger partial charge on any atom is 0.123 e. The predicted molar refractivity (Wildman–Crippen MR) is 64.9 cm³/mol. The largest absolute Gasteiger partial charge is 0.411 e. The van der Waals surface area contributed by atoms with E-state index in [-0.39, 0.29) is 5.82 Å². The van der Waals surface area contributed by atoms with Gasteiger partial charge < -0.3 is 5.21 Å². The molecule has 1 N–H and O–H groups in total. The van der Waals surface area contributed by atoms with Crippen LogP contribution in [0.25, 0.3) is 0 Å². The van der Waals surface area contributed by atoms with Crippen molar-refractivity contribution in [3.05, 3.63) is 71.5 Å². The van der Waals surface area contributed by atoms with Gasteiger partial charge in [0.2, 0.25) is 0 Å². The molecule has 0 aromatic heterocycles. The lowest BCUT2D eigenvalue weighted by molar-refractivity contribution is 0.318. The molecule has 0 unspecified atom stereocenters. The molecular formula is C14H12FNO. The summed E-state index contributed by atoms with van der Waals surface area (Å²) in [6, 6.07) is 15.6. The fourth-order valence-electron chi connectivity index (χ4n) is 1.62. The lowest BCUT2D eigenvalue weighted by atomic mass is 10.0. The van der Waals surface area contributed by atoms with E-state index >= 15 is 0 Å². The number of rotatable bonds is 3. The van der Waals surface area contributed by atoms with Crippen molar-refractivity contribution in [3.8, 4) is 0 Å². The van der Waals surface area contributed by atoms with Crippen LogP contribution in [0, 0.1) is 5.82 Å². The van der Waals surface area contributed by atoms with Crippen LogP contribution in [-0.2, 0) is 6.42 Å². The molecule has 0 saturated carbocycles.